The summed E-state index contributed by atoms with van der Waals surface area (Å²) in [5, 5.41) is 27.3. The Balaban J connectivity index is -0.000000402. The number of aryl methyl sites for hydroxylation is 3. The Morgan fingerprint density at radius 1 is 0.604 bits per heavy atom. The summed E-state index contributed by atoms with van der Waals surface area (Å²) in [7, 11) is 13.3. The van der Waals surface area contributed by atoms with Gasteiger partial charge < -0.3 is 73.4 Å². The normalized spacial score (nSPS) is 10.9. The number of alkyl halides is 7. The number of nitrogens with one attached hydrogen (secondary N) is 2. The summed E-state index contributed by atoms with van der Waals surface area (Å²) < 4.78 is 94.5. The van der Waals surface area contributed by atoms with Gasteiger partial charge in [-0.15, -0.1) is 11.5 Å². The molecule has 0 aromatic carbocycles. The first kappa shape index (κ1) is 111. The third-order valence-electron chi connectivity index (χ3n) is 11.7. The van der Waals surface area contributed by atoms with E-state index in [9.17, 15) is 75.1 Å². The van der Waals surface area contributed by atoms with Crippen molar-refractivity contribution in [2.24, 2.45) is 5.11 Å². The van der Waals surface area contributed by atoms with Crippen LogP contribution < -0.4 is 57.4 Å². The van der Waals surface area contributed by atoms with Gasteiger partial charge in [0.15, 0.2) is 5.69 Å². The number of pyridine rings is 5. The van der Waals surface area contributed by atoms with Crippen molar-refractivity contribution in [3.05, 3.63) is 210 Å². The molecule has 35 nitrogen and oxygen atoms in total. The van der Waals surface area contributed by atoms with Gasteiger partial charge in [-0.25, -0.2) is 60.0 Å². The van der Waals surface area contributed by atoms with Crippen molar-refractivity contribution in [2.75, 3.05) is 58.1 Å². The fraction of sp³-hybridized carbons (Fsp3) is 0.446. The van der Waals surface area contributed by atoms with Gasteiger partial charge in [-0.3, -0.25) is 28.9 Å². The first-order valence-electron chi connectivity index (χ1n) is 30.9. The minimum absolute atomic E-state index is 0. The number of esters is 6. The molecule has 111 heavy (non-hydrogen) atoms. The molecule has 4 unspecified atom stereocenters. The first-order chi connectivity index (χ1) is 51.6. The Hall–Kier alpha value is -8.79. The standard InChI is InChI=1S/C18H23FN4O5.C11H13BrFNO3.C11H13FN4O3.C7H7NO3.C7H10O2.C6H5NO3.C4H7Br2F.CH4O.Cl2OS.N3.Na/c1-18(2,3)28-17(26)14-11-23(21-20-14)10-13(19)6-8-22-7-5-12(9-15(22)24)16(25)27-4;1-17-11(16)8-2-4-14(10(15)6-8)5-3-9(13)7-12;1-19-11(18)8-2-4-16(10(17)6-8)5-3-9(12)7-14-15-13;1-11-7(10)5-2-3-8-6(9)4-5;1-5-6(8)9-7(2,3)4;8-5-3-4(6(9)10)1-2-7-5;5-2-1-4(7)3-6;1-2;1-4(2)3;1-3-2;/h5,7,9,11,13H,6,8,10H2,1-4H3;2,4,6,9H,3,5,7H2,1H3;2,4,6,9H,3,5,7H2,1H3;2-4H,1H3,(H,8,9);1H,2-4H3;1-3H,(H,7,8)(H,9,10);4H,1-3H2;2H,1H3;;;/q;;;;;;;;;-1;+1. The van der Waals surface area contributed by atoms with Crippen LogP contribution in [0, 0.1) is 12.3 Å². The van der Waals surface area contributed by atoms with E-state index in [1.54, 1.807) is 41.5 Å². The number of hydrogen-bond acceptors (Lipinski definition) is 23. The van der Waals surface area contributed by atoms with Crippen molar-refractivity contribution in [1.82, 2.24) is 38.7 Å². The summed E-state index contributed by atoms with van der Waals surface area (Å²) in [5.41, 5.74) is 19.3. The molecular formula is C65H82Br3Cl2F4N14NaO21S. The van der Waals surface area contributed by atoms with Gasteiger partial charge in [-0.05, 0) is 103 Å². The van der Waals surface area contributed by atoms with Crippen LogP contribution in [0.1, 0.15) is 130 Å². The Morgan fingerprint density at radius 3 is 1.23 bits per heavy atom. The van der Waals surface area contributed by atoms with E-state index in [0.29, 0.717) is 11.8 Å². The van der Waals surface area contributed by atoms with Gasteiger partial charge in [0, 0.05) is 136 Å². The topological polar surface area (TPSA) is 502 Å². The summed E-state index contributed by atoms with van der Waals surface area (Å²) >= 11 is 9.17. The molecule has 0 fully saturated rings. The molecule has 0 amide bonds. The molecule has 6 aromatic heterocycles. The number of rotatable bonds is 23. The van der Waals surface area contributed by atoms with E-state index in [-0.39, 0.29) is 132 Å². The number of aliphatic hydroxyl groups is 1. The third-order valence-corrected chi connectivity index (χ3v) is 13.5. The van der Waals surface area contributed by atoms with Crippen molar-refractivity contribution in [3.8, 4) is 12.3 Å². The molecule has 0 spiro atoms. The van der Waals surface area contributed by atoms with E-state index in [4.69, 9.17) is 46.9 Å². The minimum atomic E-state index is -1.67. The average Bonchev–Trinajstić information content (AvgIpc) is 1.84. The third kappa shape index (κ3) is 56.1. The molecule has 6 rings (SSSR count). The number of terminal acetylenes is 1. The monoisotopic (exact) mass is 1830 g/mol. The number of azide groups is 1. The molecule has 0 aliphatic carbocycles. The number of H-pyrrole nitrogens is 2. The number of aliphatic hydroxyl groups excluding tert-OH is 1. The van der Waals surface area contributed by atoms with E-state index >= 15 is 0 Å². The second kappa shape index (κ2) is 63.8. The molecule has 4 atom stereocenters. The molecule has 46 heteroatoms. The Bertz CT molecular complexity index is 4280. The Kier molecular flexibility index (Phi) is 63.7. The van der Waals surface area contributed by atoms with Gasteiger partial charge in [-0.2, -0.15) is 0 Å². The fourth-order valence-electron chi connectivity index (χ4n) is 6.82. The number of hydrogen-bond donors (Lipinski definition) is 4. The van der Waals surface area contributed by atoms with Crippen LogP contribution in [0.2, 0.25) is 0 Å². The number of halogens is 9. The van der Waals surface area contributed by atoms with Crippen LogP contribution in [-0.4, -0.2) is 189 Å². The SMILES string of the molecule is C#CC(=O)OC(C)(C)C.CO.COC(=O)c1cc[nH]c(=O)c1.COC(=O)c1ccn(CCC(F)CBr)c(=O)c1.COC(=O)c1ccn(CCC(F)CN=[N+]=[N-])c(=O)c1.COC(=O)c1ccn(CCC(F)Cn2cc(C(=O)OC(C)(C)C)nn2)c(=O)c1.FC(CBr)CCBr.O=C(O)c1cc[nH]c(=O)c1.O=S(Cl)Cl.[N-]=[N+]=[N-].[Na+]. The number of carboxylic acids is 1. The molecule has 0 aliphatic rings. The van der Waals surface area contributed by atoms with E-state index < -0.39 is 104 Å². The maximum Gasteiger partial charge on any atom is 1.00 e. The summed E-state index contributed by atoms with van der Waals surface area (Å²) in [6, 6.07) is 12.8. The smallest absolute Gasteiger partial charge is 0.478 e. The van der Waals surface area contributed by atoms with Crippen LogP contribution in [0.5, 0.6) is 0 Å². The predicted molar refractivity (Wildman–Crippen MR) is 410 cm³/mol. The first-order valence-corrected chi connectivity index (χ1v) is 37.1. The van der Waals surface area contributed by atoms with Crippen LogP contribution >= 0.6 is 69.2 Å². The van der Waals surface area contributed by atoms with Crippen molar-refractivity contribution in [2.45, 2.75) is 129 Å². The quantitative estimate of drug-likeness (QED) is 0.00419. The number of ether oxygens (including phenoxy) is 6. The molecule has 0 aliphatic heterocycles. The summed E-state index contributed by atoms with van der Waals surface area (Å²) in [6.07, 6.45) is 9.71. The number of carbonyl (C=O) groups is 7. The van der Waals surface area contributed by atoms with Gasteiger partial charge in [0.1, 0.15) is 35.9 Å². The summed E-state index contributed by atoms with van der Waals surface area (Å²) in [5.74, 6) is -2.75. The zero-order valence-corrected chi connectivity index (χ0v) is 71.0. The van der Waals surface area contributed by atoms with Crippen molar-refractivity contribution in [3.63, 3.8) is 0 Å². The number of nitrogens with zero attached hydrogens (tertiary/aromatic N) is 12. The summed E-state index contributed by atoms with van der Waals surface area (Å²) in [6.45, 7) is 10.7. The van der Waals surface area contributed by atoms with Gasteiger partial charge in [0.05, 0.1) is 75.5 Å². The van der Waals surface area contributed by atoms with Gasteiger partial charge >= 0.3 is 71.3 Å². The number of aromatic nitrogens is 8. The average molecular weight is 1840 g/mol. The van der Waals surface area contributed by atoms with E-state index in [2.05, 4.69) is 118 Å². The number of aromatic carboxylic acids is 1. The Labute approximate surface area is 691 Å². The van der Waals surface area contributed by atoms with Crippen LogP contribution in [0.25, 0.3) is 26.4 Å². The molecule has 0 saturated carbocycles. The Morgan fingerprint density at radius 2 is 0.946 bits per heavy atom. The van der Waals surface area contributed by atoms with Crippen LogP contribution in [0.15, 0.2) is 127 Å². The van der Waals surface area contributed by atoms with E-state index in [1.807, 2.05) is 5.92 Å². The van der Waals surface area contributed by atoms with Crippen LogP contribution in [0.4, 0.5) is 17.6 Å². The molecule has 4 N–H and O–H groups in total. The molecule has 0 radical (unpaired) electrons. The van der Waals surface area contributed by atoms with Crippen LogP contribution in [-0.2, 0) is 68.6 Å². The second-order valence-electron chi connectivity index (χ2n) is 22.2. The van der Waals surface area contributed by atoms with Crippen molar-refractivity contribution < 1.29 is 124 Å². The van der Waals surface area contributed by atoms with Gasteiger partial charge in [-0.1, -0.05) is 58.1 Å². The number of aromatic amines is 2. The minimum Gasteiger partial charge on any atom is -0.478 e. The zero-order chi connectivity index (χ0) is 85.3. The van der Waals surface area contributed by atoms with Gasteiger partial charge in [0.2, 0.25) is 20.3 Å². The van der Waals surface area contributed by atoms with E-state index in [1.165, 1.54) is 131 Å². The molecule has 0 bridgehead atoms. The number of methoxy groups -OCH3 is 4. The molecular weight excluding hydrogens is 1750 g/mol. The maximum absolute atomic E-state index is 14.3. The van der Waals surface area contributed by atoms with Crippen molar-refractivity contribution in [1.29, 1.82) is 0 Å². The molecule has 6 aromatic rings. The van der Waals surface area contributed by atoms with E-state index in [0.717, 1.165) is 30.6 Å². The van der Waals surface area contributed by atoms with Gasteiger partial charge in [0.25, 0.3) is 16.7 Å². The second-order valence-corrected chi connectivity index (χ2v) is 26.8. The molecule has 6 heterocycles. The largest absolute Gasteiger partial charge is 1.00 e. The molecule has 608 valence electrons. The maximum atomic E-state index is 14.3. The molecule has 0 saturated heterocycles. The van der Waals surface area contributed by atoms with Crippen molar-refractivity contribution >= 4 is 120 Å². The number of carbonyl (C=O) groups excluding carboxylic acids is 6. The summed E-state index contributed by atoms with van der Waals surface area (Å²) in [4.78, 5) is 142. The fourth-order valence-corrected chi connectivity index (χ4v) is 7.96. The predicted octanol–water partition coefficient (Wildman–Crippen LogP) is 7.26. The zero-order valence-electron chi connectivity index (χ0n) is 61.9. The van der Waals surface area contributed by atoms with Crippen LogP contribution in [0.3, 0.4) is 0 Å². The number of carboxylic acid groups (broad SMARTS) is 1.